The van der Waals surface area contributed by atoms with Gasteiger partial charge in [-0.1, -0.05) is 64.0 Å². The first-order chi connectivity index (χ1) is 10.2. The summed E-state index contributed by atoms with van der Waals surface area (Å²) in [5, 5.41) is 18.3. The molecule has 0 aliphatic heterocycles. The molecule has 0 heterocycles. The molecule has 132 valence electrons. The van der Waals surface area contributed by atoms with Crippen LogP contribution in [0, 0.1) is 0 Å². The predicted octanol–water partition coefficient (Wildman–Crippen LogP) is 4.25. The number of aliphatic carboxylic acids is 1. The summed E-state index contributed by atoms with van der Waals surface area (Å²) in [4.78, 5) is 10.3. The van der Waals surface area contributed by atoms with Crippen LogP contribution in [0.5, 0.6) is 0 Å². The highest BCUT2D eigenvalue weighted by Crippen LogP contribution is 2.10. The van der Waals surface area contributed by atoms with Crippen LogP contribution < -0.4 is 0 Å². The third kappa shape index (κ3) is 19.1. The maximum Gasteiger partial charge on any atom is 0.303 e. The number of rotatable bonds is 15. The van der Waals surface area contributed by atoms with Crippen LogP contribution in [0.4, 0.5) is 0 Å². The number of aliphatic hydroxyl groups is 1. The van der Waals surface area contributed by atoms with Crippen LogP contribution in [0.25, 0.3) is 0 Å². The topological polar surface area (TPSA) is 89.0 Å². The molecule has 0 aromatic carbocycles. The third-order valence-corrected chi connectivity index (χ3v) is 3.73. The van der Waals surface area contributed by atoms with Gasteiger partial charge in [-0.05, 0) is 32.1 Å². The van der Waals surface area contributed by atoms with Crippen LogP contribution in [-0.4, -0.2) is 27.8 Å². The lowest BCUT2D eigenvalue weighted by molar-refractivity contribution is -0.137. The van der Waals surface area contributed by atoms with Crippen LogP contribution in [0.1, 0.15) is 90.4 Å². The van der Waals surface area contributed by atoms with Crippen LogP contribution in [0.3, 0.4) is 0 Å². The van der Waals surface area contributed by atoms with E-state index in [4.69, 9.17) is 5.11 Å². The number of hydrogen-bond acceptors (Lipinski definition) is 2. The van der Waals surface area contributed by atoms with Gasteiger partial charge in [-0.25, -0.2) is 0 Å². The monoisotopic (exact) mass is 316 g/mol. The van der Waals surface area contributed by atoms with Crippen molar-refractivity contribution >= 4 is 5.97 Å². The molecule has 4 heteroatoms. The fourth-order valence-electron chi connectivity index (χ4n) is 2.36. The lowest BCUT2D eigenvalue weighted by Crippen LogP contribution is -2.04. The summed E-state index contributed by atoms with van der Waals surface area (Å²) in [5.74, 6) is -0.689. The van der Waals surface area contributed by atoms with Crippen molar-refractivity contribution in [1.29, 1.82) is 0 Å². The molecular formula is C18H36O4. The maximum absolute atomic E-state index is 10.3. The van der Waals surface area contributed by atoms with Gasteiger partial charge in [0.25, 0.3) is 0 Å². The van der Waals surface area contributed by atoms with E-state index in [2.05, 4.69) is 19.1 Å². The summed E-state index contributed by atoms with van der Waals surface area (Å²) >= 11 is 0. The zero-order chi connectivity index (χ0) is 15.8. The maximum atomic E-state index is 10.3. The van der Waals surface area contributed by atoms with Crippen molar-refractivity contribution in [2.75, 3.05) is 0 Å². The second kappa shape index (κ2) is 18.2. The summed E-state index contributed by atoms with van der Waals surface area (Å²) in [5.41, 5.74) is 0. The quantitative estimate of drug-likeness (QED) is 0.349. The Kier molecular flexibility index (Phi) is 19.3. The van der Waals surface area contributed by atoms with Gasteiger partial charge < -0.3 is 15.7 Å². The molecule has 1 atom stereocenters. The van der Waals surface area contributed by atoms with E-state index in [-0.39, 0.29) is 11.6 Å². The van der Waals surface area contributed by atoms with Crippen molar-refractivity contribution < 1.29 is 20.5 Å². The average molecular weight is 316 g/mol. The molecule has 4 nitrogen and oxygen atoms in total. The van der Waals surface area contributed by atoms with Crippen LogP contribution in [0.15, 0.2) is 12.2 Å². The van der Waals surface area contributed by atoms with E-state index in [0.717, 1.165) is 51.4 Å². The van der Waals surface area contributed by atoms with E-state index in [1.165, 1.54) is 25.7 Å². The smallest absolute Gasteiger partial charge is 0.303 e. The molecule has 0 radical (unpaired) electrons. The van der Waals surface area contributed by atoms with Crippen LogP contribution >= 0.6 is 0 Å². The first-order valence-electron chi connectivity index (χ1n) is 8.71. The van der Waals surface area contributed by atoms with Gasteiger partial charge in [0.2, 0.25) is 0 Å². The van der Waals surface area contributed by atoms with Gasteiger partial charge in [-0.2, -0.15) is 0 Å². The average Bonchev–Trinajstić information content (AvgIpc) is 2.45. The van der Waals surface area contributed by atoms with Crippen molar-refractivity contribution in [2.24, 2.45) is 0 Å². The zero-order valence-corrected chi connectivity index (χ0v) is 14.2. The number of carbonyl (C=O) groups is 1. The second-order valence-electron chi connectivity index (χ2n) is 5.91. The molecule has 0 rings (SSSR count). The SMILES string of the molecule is CCCCCCC(O)C/C=C\CCCCCCCC(=O)O.O. The lowest BCUT2D eigenvalue weighted by Gasteiger charge is -2.07. The highest BCUT2D eigenvalue weighted by atomic mass is 16.4. The molecular weight excluding hydrogens is 280 g/mol. The van der Waals surface area contributed by atoms with Crippen molar-refractivity contribution in [3.05, 3.63) is 12.2 Å². The van der Waals surface area contributed by atoms with Gasteiger partial charge >= 0.3 is 5.97 Å². The third-order valence-electron chi connectivity index (χ3n) is 3.73. The molecule has 0 spiro atoms. The van der Waals surface area contributed by atoms with E-state index >= 15 is 0 Å². The Labute approximate surface area is 135 Å². The Balaban J connectivity index is 0. The molecule has 0 fully saturated rings. The minimum absolute atomic E-state index is 0. The predicted molar refractivity (Wildman–Crippen MR) is 92.1 cm³/mol. The van der Waals surface area contributed by atoms with Gasteiger partial charge in [0, 0.05) is 6.42 Å². The number of aliphatic hydroxyl groups excluding tert-OH is 1. The van der Waals surface area contributed by atoms with Crippen molar-refractivity contribution in [2.45, 2.75) is 96.5 Å². The summed E-state index contributed by atoms with van der Waals surface area (Å²) in [6.07, 6.45) is 17.4. The Hall–Kier alpha value is -0.870. The largest absolute Gasteiger partial charge is 0.481 e. The van der Waals surface area contributed by atoms with E-state index in [1.807, 2.05) is 0 Å². The molecule has 0 saturated carbocycles. The van der Waals surface area contributed by atoms with Crippen LogP contribution in [0.2, 0.25) is 0 Å². The Morgan fingerprint density at radius 1 is 0.955 bits per heavy atom. The molecule has 4 N–H and O–H groups in total. The molecule has 0 aromatic rings. The first kappa shape index (κ1) is 23.4. The summed E-state index contributed by atoms with van der Waals surface area (Å²) < 4.78 is 0. The lowest BCUT2D eigenvalue weighted by atomic mass is 10.1. The molecule has 0 saturated heterocycles. The fraction of sp³-hybridized carbons (Fsp3) is 0.833. The summed E-state index contributed by atoms with van der Waals surface area (Å²) in [6, 6.07) is 0. The molecule has 1 unspecified atom stereocenters. The number of carboxylic acids is 1. The number of hydrogen-bond donors (Lipinski definition) is 2. The summed E-state index contributed by atoms with van der Waals surface area (Å²) in [7, 11) is 0. The normalized spacial score (nSPS) is 12.3. The minimum atomic E-state index is -0.689. The Morgan fingerprint density at radius 3 is 2.27 bits per heavy atom. The van der Waals surface area contributed by atoms with E-state index in [1.54, 1.807) is 0 Å². The van der Waals surface area contributed by atoms with E-state index in [0.29, 0.717) is 6.42 Å². The minimum Gasteiger partial charge on any atom is -0.481 e. The number of carboxylic acid groups (broad SMARTS) is 1. The number of unbranched alkanes of at least 4 members (excludes halogenated alkanes) is 8. The molecule has 0 aliphatic carbocycles. The van der Waals surface area contributed by atoms with Gasteiger partial charge in [-0.15, -0.1) is 0 Å². The first-order valence-corrected chi connectivity index (χ1v) is 8.71. The molecule has 0 amide bonds. The van der Waals surface area contributed by atoms with E-state index in [9.17, 15) is 9.90 Å². The van der Waals surface area contributed by atoms with Gasteiger partial charge in [0.05, 0.1) is 6.10 Å². The van der Waals surface area contributed by atoms with Crippen molar-refractivity contribution in [3.8, 4) is 0 Å². The second-order valence-corrected chi connectivity index (χ2v) is 5.91. The Bertz CT molecular complexity index is 264. The van der Waals surface area contributed by atoms with E-state index < -0.39 is 5.97 Å². The summed E-state index contributed by atoms with van der Waals surface area (Å²) in [6.45, 7) is 2.20. The van der Waals surface area contributed by atoms with Gasteiger partial charge in [0.15, 0.2) is 0 Å². The van der Waals surface area contributed by atoms with Crippen LogP contribution in [-0.2, 0) is 4.79 Å². The standard InChI is InChI=1S/C18H34O3.H2O/c1-2-3-4-11-14-17(19)15-12-9-7-5-6-8-10-13-16-18(20)21;/h9,12,17,19H,2-8,10-11,13-16H2,1H3,(H,20,21);1H2/b12-9-;. The van der Waals surface area contributed by atoms with Crippen molar-refractivity contribution in [3.63, 3.8) is 0 Å². The van der Waals surface area contributed by atoms with Gasteiger partial charge in [0.1, 0.15) is 0 Å². The molecule has 0 bridgehead atoms. The number of allylic oxidation sites excluding steroid dienone is 1. The highest BCUT2D eigenvalue weighted by molar-refractivity contribution is 5.66. The highest BCUT2D eigenvalue weighted by Gasteiger charge is 2.00. The molecule has 22 heavy (non-hydrogen) atoms. The fourth-order valence-corrected chi connectivity index (χ4v) is 2.36. The van der Waals surface area contributed by atoms with Gasteiger partial charge in [-0.3, -0.25) is 4.79 Å². The molecule has 0 aromatic heterocycles. The molecule has 0 aliphatic rings. The Morgan fingerprint density at radius 2 is 1.59 bits per heavy atom. The zero-order valence-electron chi connectivity index (χ0n) is 14.2. The van der Waals surface area contributed by atoms with Crippen molar-refractivity contribution in [1.82, 2.24) is 0 Å².